The number of allylic oxidation sites excluding steroid dienone is 2. The molecule has 2 aromatic carbocycles. The highest BCUT2D eigenvalue weighted by molar-refractivity contribution is 6.36. The number of carbonyl (C=O) groups is 4. The van der Waals surface area contributed by atoms with E-state index >= 15 is 0 Å². The van der Waals surface area contributed by atoms with Crippen molar-refractivity contribution in [2.75, 3.05) is 19.0 Å². The molecular weight excluding hydrogens is 529 g/mol. The summed E-state index contributed by atoms with van der Waals surface area (Å²) >= 11 is 18.3. The van der Waals surface area contributed by atoms with Gasteiger partial charge in [-0.15, -0.1) is 0 Å². The average Bonchev–Trinajstić information content (AvgIpc) is 3.51. The maximum atomic E-state index is 13.6. The Morgan fingerprint density at radius 3 is 2.22 bits per heavy atom. The molecule has 11 heteroatoms. The van der Waals surface area contributed by atoms with E-state index in [4.69, 9.17) is 39.5 Å². The van der Waals surface area contributed by atoms with E-state index in [1.807, 2.05) is 12.2 Å². The molecule has 2 aromatic rings. The van der Waals surface area contributed by atoms with Gasteiger partial charge in [0.05, 0.1) is 35.2 Å². The van der Waals surface area contributed by atoms with Crippen LogP contribution in [0.15, 0.2) is 48.6 Å². The molecule has 2 aliphatic carbocycles. The molecule has 1 heterocycles. The zero-order valence-electron chi connectivity index (χ0n) is 18.9. The molecule has 1 aliphatic heterocycles. The van der Waals surface area contributed by atoms with E-state index in [2.05, 4.69) is 5.32 Å². The van der Waals surface area contributed by atoms with Crippen LogP contribution in [-0.2, 0) is 14.4 Å². The van der Waals surface area contributed by atoms with Crippen LogP contribution in [0, 0.1) is 23.7 Å². The van der Waals surface area contributed by atoms with E-state index in [1.54, 1.807) is 12.1 Å². The minimum absolute atomic E-state index is 0.00652. The number of hydrogen-bond acceptors (Lipinski definition) is 5. The molecule has 1 saturated carbocycles. The number of ether oxygens (including phenoxy) is 1. The van der Waals surface area contributed by atoms with Gasteiger partial charge in [-0.25, -0.2) is 5.01 Å². The summed E-state index contributed by atoms with van der Waals surface area (Å²) in [5.74, 6) is -3.37. The van der Waals surface area contributed by atoms with Crippen molar-refractivity contribution in [1.82, 2.24) is 10.0 Å². The highest BCUT2D eigenvalue weighted by atomic mass is 35.5. The topological polar surface area (TPSA) is 96.0 Å². The van der Waals surface area contributed by atoms with Gasteiger partial charge in [-0.1, -0.05) is 47.0 Å². The first-order valence-electron chi connectivity index (χ1n) is 11.2. The molecule has 8 nitrogen and oxygen atoms in total. The number of methoxy groups -OCH3 is 1. The third-order valence-corrected chi connectivity index (χ3v) is 7.60. The molecule has 2 bridgehead atoms. The van der Waals surface area contributed by atoms with Crippen molar-refractivity contribution in [2.24, 2.45) is 23.7 Å². The molecule has 0 unspecified atom stereocenters. The first-order valence-corrected chi connectivity index (χ1v) is 12.3. The fourth-order valence-electron chi connectivity index (χ4n) is 5.26. The number of fused-ring (bicyclic) bond motifs is 5. The van der Waals surface area contributed by atoms with Gasteiger partial charge < -0.3 is 10.1 Å². The largest absolute Gasteiger partial charge is 0.495 e. The molecule has 4 amide bonds. The van der Waals surface area contributed by atoms with Crippen molar-refractivity contribution in [1.29, 1.82) is 0 Å². The number of imide groups is 1. The summed E-state index contributed by atoms with van der Waals surface area (Å²) in [6.45, 7) is -0.632. The Hall–Kier alpha value is -3.07. The number of amides is 4. The van der Waals surface area contributed by atoms with Gasteiger partial charge in [-0.2, -0.15) is 5.01 Å². The molecule has 36 heavy (non-hydrogen) atoms. The van der Waals surface area contributed by atoms with Crippen molar-refractivity contribution >= 4 is 64.1 Å². The number of rotatable bonds is 6. The van der Waals surface area contributed by atoms with Crippen molar-refractivity contribution in [2.45, 2.75) is 6.42 Å². The SMILES string of the molecule is COc1ccc(Cl)cc1NC(=O)CN(C(=O)c1ccc(Cl)cc1Cl)N1C(=O)[C@@H]2[C@@H](C1=O)[C@H]1C=C[C@H]2C1. The Morgan fingerprint density at radius 1 is 1.00 bits per heavy atom. The van der Waals surface area contributed by atoms with Crippen LogP contribution in [0.25, 0.3) is 0 Å². The van der Waals surface area contributed by atoms with Gasteiger partial charge >= 0.3 is 0 Å². The van der Waals surface area contributed by atoms with Crippen molar-refractivity contribution < 1.29 is 23.9 Å². The van der Waals surface area contributed by atoms with Crippen LogP contribution in [0.4, 0.5) is 5.69 Å². The van der Waals surface area contributed by atoms with Crippen LogP contribution in [0.5, 0.6) is 5.75 Å². The van der Waals surface area contributed by atoms with Gasteiger partial charge in [0, 0.05) is 10.0 Å². The summed E-state index contributed by atoms with van der Waals surface area (Å²) in [6, 6.07) is 8.87. The van der Waals surface area contributed by atoms with Crippen molar-refractivity contribution in [3.8, 4) is 5.75 Å². The Labute approximate surface area is 221 Å². The number of halogens is 3. The quantitative estimate of drug-likeness (QED) is 0.425. The zero-order chi connectivity index (χ0) is 25.7. The predicted molar refractivity (Wildman–Crippen MR) is 134 cm³/mol. The molecule has 3 aliphatic rings. The van der Waals surface area contributed by atoms with Crippen LogP contribution in [0.3, 0.4) is 0 Å². The lowest BCUT2D eigenvalue weighted by molar-refractivity contribution is -0.156. The second-order valence-corrected chi connectivity index (χ2v) is 10.1. The van der Waals surface area contributed by atoms with Crippen LogP contribution in [0.2, 0.25) is 15.1 Å². The Morgan fingerprint density at radius 2 is 1.61 bits per heavy atom. The van der Waals surface area contributed by atoms with Crippen LogP contribution >= 0.6 is 34.8 Å². The summed E-state index contributed by atoms with van der Waals surface area (Å²) in [6.07, 6.45) is 4.62. The number of nitrogens with zero attached hydrogens (tertiary/aromatic N) is 2. The van der Waals surface area contributed by atoms with Gasteiger partial charge in [0.15, 0.2) is 0 Å². The second kappa shape index (κ2) is 9.42. The predicted octanol–water partition coefficient (Wildman–Crippen LogP) is 4.46. The lowest BCUT2D eigenvalue weighted by Crippen LogP contribution is -2.53. The molecule has 1 N–H and O–H groups in total. The normalized spacial score (nSPS) is 23.7. The summed E-state index contributed by atoms with van der Waals surface area (Å²) in [5.41, 5.74) is 0.262. The minimum Gasteiger partial charge on any atom is -0.495 e. The zero-order valence-corrected chi connectivity index (χ0v) is 21.2. The van der Waals surface area contributed by atoms with Gasteiger partial charge in [0.1, 0.15) is 12.3 Å². The summed E-state index contributed by atoms with van der Waals surface area (Å²) in [5, 5.41) is 4.98. The molecule has 0 radical (unpaired) electrons. The maximum absolute atomic E-state index is 13.6. The lowest BCUT2D eigenvalue weighted by Gasteiger charge is -2.31. The molecule has 0 spiro atoms. The van der Waals surface area contributed by atoms with Gasteiger partial charge in [0.25, 0.3) is 17.7 Å². The molecular formula is C25H20Cl3N3O5. The molecule has 186 valence electrons. The monoisotopic (exact) mass is 547 g/mol. The van der Waals surface area contributed by atoms with Crippen LogP contribution in [0.1, 0.15) is 16.8 Å². The number of carbonyl (C=O) groups excluding carboxylic acids is 4. The minimum atomic E-state index is -0.785. The van der Waals surface area contributed by atoms with Crippen molar-refractivity contribution in [3.05, 3.63) is 69.2 Å². The summed E-state index contributed by atoms with van der Waals surface area (Å²) in [7, 11) is 1.43. The summed E-state index contributed by atoms with van der Waals surface area (Å²) < 4.78 is 5.26. The molecule has 1 saturated heterocycles. The fourth-order valence-corrected chi connectivity index (χ4v) is 5.92. The van der Waals surface area contributed by atoms with Gasteiger partial charge in [0.2, 0.25) is 5.91 Å². The first kappa shape index (κ1) is 24.6. The Kier molecular flexibility index (Phi) is 6.44. The third kappa shape index (κ3) is 4.13. The van der Waals surface area contributed by atoms with E-state index in [-0.39, 0.29) is 28.1 Å². The van der Waals surface area contributed by atoms with Gasteiger partial charge in [-0.3, -0.25) is 19.2 Å². The van der Waals surface area contributed by atoms with Crippen molar-refractivity contribution in [3.63, 3.8) is 0 Å². The highest BCUT2D eigenvalue weighted by Crippen LogP contribution is 2.52. The van der Waals surface area contributed by atoms with Crippen LogP contribution < -0.4 is 10.1 Å². The standard InChI is InChI=1S/C25H20Cl3N3O5/c1-36-19-7-5-15(27)10-18(19)29-20(32)11-30(23(33)16-6-4-14(26)9-17(16)28)31-24(34)21-12-2-3-13(8-12)22(21)25(31)35/h2-7,9-10,12-13,21-22H,8,11H2,1H3,(H,29,32)/t12-,13-,21-,22-/m0/s1. The number of nitrogens with one attached hydrogen (secondary N) is 1. The number of hydrogen-bond donors (Lipinski definition) is 1. The van der Waals surface area contributed by atoms with Gasteiger partial charge in [-0.05, 0) is 54.7 Å². The fraction of sp³-hybridized carbons (Fsp3) is 0.280. The highest BCUT2D eigenvalue weighted by Gasteiger charge is 2.61. The lowest BCUT2D eigenvalue weighted by atomic mass is 9.85. The van der Waals surface area contributed by atoms with E-state index in [0.29, 0.717) is 15.8 Å². The van der Waals surface area contributed by atoms with E-state index < -0.39 is 42.0 Å². The molecule has 0 aromatic heterocycles. The number of anilines is 1. The number of benzene rings is 2. The third-order valence-electron chi connectivity index (χ3n) is 6.81. The smallest absolute Gasteiger partial charge is 0.274 e. The summed E-state index contributed by atoms with van der Waals surface area (Å²) in [4.78, 5) is 53.6. The molecule has 2 fully saturated rings. The first-order chi connectivity index (χ1) is 17.2. The molecule has 5 rings (SSSR count). The van der Waals surface area contributed by atoms with E-state index in [1.165, 1.54) is 31.4 Å². The second-order valence-electron chi connectivity index (χ2n) is 8.87. The number of hydrazine groups is 1. The van der Waals surface area contributed by atoms with E-state index in [9.17, 15) is 19.2 Å². The Balaban J connectivity index is 1.48. The molecule has 4 atom stereocenters. The Bertz CT molecular complexity index is 1300. The van der Waals surface area contributed by atoms with Crippen LogP contribution in [-0.4, -0.2) is 47.3 Å². The maximum Gasteiger partial charge on any atom is 0.274 e. The van der Waals surface area contributed by atoms with E-state index in [0.717, 1.165) is 16.4 Å². The average molecular weight is 549 g/mol.